The van der Waals surface area contributed by atoms with Crippen LogP contribution in [0.3, 0.4) is 0 Å². The number of amides is 2. The number of halogens is 1. The molecule has 2 atom stereocenters. The van der Waals surface area contributed by atoms with Crippen LogP contribution in [-0.2, 0) is 0 Å². The molecule has 0 aliphatic heterocycles. The van der Waals surface area contributed by atoms with E-state index in [0.717, 1.165) is 0 Å². The molecule has 2 amide bonds. The number of nitrogens with one attached hydrogen (secondary N) is 2. The van der Waals surface area contributed by atoms with Gasteiger partial charge in [0.05, 0.1) is 6.10 Å². The van der Waals surface area contributed by atoms with Gasteiger partial charge in [0.2, 0.25) is 0 Å². The Morgan fingerprint density at radius 3 is 2.50 bits per heavy atom. The van der Waals surface area contributed by atoms with Crippen LogP contribution in [0.15, 0.2) is 24.3 Å². The molecule has 0 spiro atoms. The molecule has 1 aromatic rings. The highest BCUT2D eigenvalue weighted by Crippen LogP contribution is 2.26. The van der Waals surface area contributed by atoms with E-state index in [0.29, 0.717) is 18.2 Å². The summed E-state index contributed by atoms with van der Waals surface area (Å²) in [5.41, 5.74) is 0.573. The number of benzene rings is 1. The first-order chi connectivity index (χ1) is 10.5. The predicted octanol–water partition coefficient (Wildman–Crippen LogP) is 1.64. The van der Waals surface area contributed by atoms with Crippen LogP contribution in [0.25, 0.3) is 0 Å². The Balaban J connectivity index is 1.67. The van der Waals surface area contributed by atoms with Crippen molar-refractivity contribution in [1.82, 2.24) is 15.5 Å². The summed E-state index contributed by atoms with van der Waals surface area (Å²) in [4.78, 5) is 14.0. The summed E-state index contributed by atoms with van der Waals surface area (Å²) in [6, 6.07) is 6.21. The van der Waals surface area contributed by atoms with E-state index >= 15 is 0 Å². The monoisotopic (exact) mass is 309 g/mol. The Bertz CT molecular complexity index is 491. The van der Waals surface area contributed by atoms with Gasteiger partial charge in [-0.3, -0.25) is 4.90 Å². The van der Waals surface area contributed by atoms with Crippen molar-refractivity contribution in [2.45, 2.75) is 38.0 Å². The number of likely N-dealkylation sites (N-methyl/N-ethyl adjacent to an activating group) is 1. The number of urea groups is 1. The van der Waals surface area contributed by atoms with Crippen LogP contribution in [0, 0.1) is 5.82 Å². The van der Waals surface area contributed by atoms with Crippen molar-refractivity contribution in [1.29, 1.82) is 0 Å². The zero-order valence-electron chi connectivity index (χ0n) is 13.1. The molecule has 22 heavy (non-hydrogen) atoms. The molecule has 1 saturated carbocycles. The first-order valence-corrected chi connectivity index (χ1v) is 7.64. The number of hydrogen-bond acceptors (Lipinski definition) is 3. The summed E-state index contributed by atoms with van der Waals surface area (Å²) >= 11 is 0. The van der Waals surface area contributed by atoms with E-state index in [1.807, 2.05) is 0 Å². The van der Waals surface area contributed by atoms with Gasteiger partial charge in [0.25, 0.3) is 0 Å². The minimum absolute atomic E-state index is 0.0876. The van der Waals surface area contributed by atoms with Gasteiger partial charge in [-0.2, -0.15) is 0 Å². The van der Waals surface area contributed by atoms with Gasteiger partial charge in [-0.05, 0) is 44.5 Å². The average Bonchev–Trinajstić information content (AvgIpc) is 3.35. The van der Waals surface area contributed by atoms with Gasteiger partial charge in [-0.25, -0.2) is 9.18 Å². The second-order valence-electron chi connectivity index (χ2n) is 5.90. The van der Waals surface area contributed by atoms with Crippen LogP contribution < -0.4 is 10.6 Å². The summed E-state index contributed by atoms with van der Waals surface area (Å²) in [6.07, 6.45) is 1.62. The van der Waals surface area contributed by atoms with Crippen molar-refractivity contribution in [3.8, 4) is 0 Å². The third kappa shape index (κ3) is 4.96. The molecule has 2 unspecified atom stereocenters. The number of aliphatic hydroxyl groups excluding tert-OH is 1. The van der Waals surface area contributed by atoms with Crippen LogP contribution in [0.1, 0.15) is 31.4 Å². The average molecular weight is 309 g/mol. The Morgan fingerprint density at radius 1 is 1.32 bits per heavy atom. The number of carbonyl (C=O) groups excluding carboxylic acids is 1. The topological polar surface area (TPSA) is 64.6 Å². The third-order valence-electron chi connectivity index (χ3n) is 4.09. The maximum Gasteiger partial charge on any atom is 0.314 e. The van der Waals surface area contributed by atoms with Crippen LogP contribution >= 0.6 is 0 Å². The van der Waals surface area contributed by atoms with Crippen LogP contribution in [-0.4, -0.2) is 48.3 Å². The summed E-state index contributed by atoms with van der Waals surface area (Å²) in [5, 5.41) is 15.4. The van der Waals surface area contributed by atoms with Crippen LogP contribution in [0.2, 0.25) is 0 Å². The van der Waals surface area contributed by atoms with Gasteiger partial charge in [0.15, 0.2) is 0 Å². The number of aliphatic hydroxyl groups is 1. The SMILES string of the molecule is CC(CNC(=O)NCC(O)c1ccc(F)cc1)N(C)C1CC1. The van der Waals surface area contributed by atoms with Crippen LogP contribution in [0.5, 0.6) is 0 Å². The van der Waals surface area contributed by atoms with Gasteiger partial charge in [0.1, 0.15) is 5.82 Å². The molecule has 0 heterocycles. The maximum absolute atomic E-state index is 12.8. The predicted molar refractivity (Wildman–Crippen MR) is 83.0 cm³/mol. The van der Waals surface area contributed by atoms with Gasteiger partial charge in [-0.15, -0.1) is 0 Å². The standard InChI is InChI=1S/C16H24FN3O2/c1-11(20(2)14-7-8-14)9-18-16(22)19-10-15(21)12-3-5-13(17)6-4-12/h3-6,11,14-15,21H,7-10H2,1-2H3,(H2,18,19,22). The molecule has 2 rings (SSSR count). The molecule has 0 radical (unpaired) electrons. The van der Waals surface area contributed by atoms with Crippen molar-refractivity contribution < 1.29 is 14.3 Å². The Labute approximate surface area is 130 Å². The lowest BCUT2D eigenvalue weighted by Crippen LogP contribution is -2.45. The Morgan fingerprint density at radius 2 is 1.91 bits per heavy atom. The fourth-order valence-corrected chi connectivity index (χ4v) is 2.28. The minimum atomic E-state index is -0.849. The van der Waals surface area contributed by atoms with Crippen molar-refractivity contribution in [2.24, 2.45) is 0 Å². The van der Waals surface area contributed by atoms with Gasteiger partial charge in [0, 0.05) is 25.2 Å². The van der Waals surface area contributed by atoms with E-state index < -0.39 is 6.10 Å². The van der Waals surface area contributed by atoms with E-state index in [1.54, 1.807) is 0 Å². The largest absolute Gasteiger partial charge is 0.387 e. The normalized spacial score (nSPS) is 17.1. The van der Waals surface area contributed by atoms with E-state index in [9.17, 15) is 14.3 Å². The molecule has 122 valence electrons. The highest BCUT2D eigenvalue weighted by Gasteiger charge is 2.29. The molecular formula is C16H24FN3O2. The molecule has 0 bridgehead atoms. The van der Waals surface area contributed by atoms with E-state index in [4.69, 9.17) is 0 Å². The molecule has 5 nitrogen and oxygen atoms in total. The van der Waals surface area contributed by atoms with Crippen molar-refractivity contribution in [3.05, 3.63) is 35.6 Å². The highest BCUT2D eigenvalue weighted by molar-refractivity contribution is 5.73. The zero-order valence-corrected chi connectivity index (χ0v) is 13.1. The number of nitrogens with zero attached hydrogens (tertiary/aromatic N) is 1. The fourth-order valence-electron chi connectivity index (χ4n) is 2.28. The summed E-state index contributed by atoms with van der Waals surface area (Å²) in [7, 11) is 2.07. The summed E-state index contributed by atoms with van der Waals surface area (Å²) in [5.74, 6) is -0.351. The lowest BCUT2D eigenvalue weighted by molar-refractivity contribution is 0.172. The maximum atomic E-state index is 12.8. The van der Waals surface area contributed by atoms with Gasteiger partial charge >= 0.3 is 6.03 Å². The third-order valence-corrected chi connectivity index (χ3v) is 4.09. The quantitative estimate of drug-likeness (QED) is 0.717. The second-order valence-corrected chi connectivity index (χ2v) is 5.90. The molecule has 3 N–H and O–H groups in total. The molecule has 1 fully saturated rings. The second kappa shape index (κ2) is 7.56. The number of carbonyl (C=O) groups is 1. The zero-order chi connectivity index (χ0) is 16.1. The van der Waals surface area contributed by atoms with Gasteiger partial charge in [-0.1, -0.05) is 12.1 Å². The molecule has 6 heteroatoms. The van der Waals surface area contributed by atoms with E-state index in [-0.39, 0.29) is 24.4 Å². The first kappa shape index (κ1) is 16.7. The smallest absolute Gasteiger partial charge is 0.314 e. The highest BCUT2D eigenvalue weighted by atomic mass is 19.1. The van der Waals surface area contributed by atoms with E-state index in [2.05, 4.69) is 29.5 Å². The fraction of sp³-hybridized carbons (Fsp3) is 0.562. The lowest BCUT2D eigenvalue weighted by Gasteiger charge is -2.24. The van der Waals surface area contributed by atoms with Crippen molar-refractivity contribution in [3.63, 3.8) is 0 Å². The number of hydrogen-bond donors (Lipinski definition) is 3. The molecule has 0 aromatic heterocycles. The summed E-state index contributed by atoms with van der Waals surface area (Å²) in [6.45, 7) is 2.72. The van der Waals surface area contributed by atoms with Crippen molar-refractivity contribution >= 4 is 6.03 Å². The Kier molecular flexibility index (Phi) is 5.74. The van der Waals surface area contributed by atoms with Crippen molar-refractivity contribution in [2.75, 3.05) is 20.1 Å². The molecule has 0 saturated heterocycles. The molecule has 1 aromatic carbocycles. The van der Waals surface area contributed by atoms with Gasteiger partial charge < -0.3 is 15.7 Å². The number of rotatable bonds is 7. The minimum Gasteiger partial charge on any atom is -0.387 e. The molecule has 1 aliphatic rings. The Hall–Kier alpha value is -1.66. The summed E-state index contributed by atoms with van der Waals surface area (Å²) < 4.78 is 12.8. The molecule has 1 aliphatic carbocycles. The lowest BCUT2D eigenvalue weighted by atomic mass is 10.1. The first-order valence-electron chi connectivity index (χ1n) is 7.64. The van der Waals surface area contributed by atoms with E-state index in [1.165, 1.54) is 37.1 Å². The molecular weight excluding hydrogens is 285 g/mol. The van der Waals surface area contributed by atoms with Crippen LogP contribution in [0.4, 0.5) is 9.18 Å².